The van der Waals surface area contributed by atoms with Gasteiger partial charge in [-0.2, -0.15) is 0 Å². The first-order chi connectivity index (χ1) is 6.59. The van der Waals surface area contributed by atoms with Crippen LogP contribution in [0.25, 0.3) is 0 Å². The summed E-state index contributed by atoms with van der Waals surface area (Å²) in [7, 11) is 0. The van der Waals surface area contributed by atoms with Crippen LogP contribution in [0, 0.1) is 6.92 Å². The topological polar surface area (TPSA) is 58.3 Å². The molecule has 1 saturated heterocycles. The van der Waals surface area contributed by atoms with E-state index in [1.807, 2.05) is 6.92 Å². The van der Waals surface area contributed by atoms with Crippen molar-refractivity contribution < 1.29 is 4.74 Å². The molecule has 1 aromatic rings. The fraction of sp³-hybridized carbons (Fsp3) is 0.556. The third-order valence-electron chi connectivity index (χ3n) is 2.11. The molecule has 5 heteroatoms. The highest BCUT2D eigenvalue weighted by molar-refractivity contribution is 7.99. The molecule has 76 valence electrons. The summed E-state index contributed by atoms with van der Waals surface area (Å²) in [6.45, 7) is 4.59. The molecule has 2 heterocycles. The molecule has 1 aromatic heterocycles. The number of aromatic nitrogens is 2. The number of H-pyrrole nitrogens is 1. The fourth-order valence-corrected chi connectivity index (χ4v) is 1.84. The second kappa shape index (κ2) is 3.40. The number of aromatic amines is 1. The van der Waals surface area contributed by atoms with Crippen molar-refractivity contribution in [1.82, 2.24) is 9.97 Å². The van der Waals surface area contributed by atoms with Gasteiger partial charge in [-0.3, -0.25) is 4.79 Å². The van der Waals surface area contributed by atoms with Crippen LogP contribution in [0.5, 0.6) is 0 Å². The number of hydrogen-bond donors (Lipinski definition) is 1. The zero-order chi connectivity index (χ0) is 10.2. The van der Waals surface area contributed by atoms with Gasteiger partial charge in [0, 0.05) is 17.5 Å². The number of nitrogens with zero attached hydrogens (tertiary/aromatic N) is 1. The molecular formula is C9H12N2O2S. The van der Waals surface area contributed by atoms with Crippen LogP contribution in [0.2, 0.25) is 0 Å². The van der Waals surface area contributed by atoms with Gasteiger partial charge in [0.25, 0.3) is 5.56 Å². The maximum absolute atomic E-state index is 11.2. The lowest BCUT2D eigenvalue weighted by molar-refractivity contribution is 0.348. The highest BCUT2D eigenvalue weighted by Crippen LogP contribution is 2.31. The van der Waals surface area contributed by atoms with E-state index >= 15 is 0 Å². The van der Waals surface area contributed by atoms with Crippen molar-refractivity contribution in [3.63, 3.8) is 0 Å². The first-order valence-corrected chi connectivity index (χ1v) is 5.40. The van der Waals surface area contributed by atoms with Crippen LogP contribution < -0.4 is 5.56 Å². The summed E-state index contributed by atoms with van der Waals surface area (Å²) in [4.78, 5) is 18.1. The Morgan fingerprint density at radius 2 is 2.50 bits per heavy atom. The standard InChI is InChI=1S/C9H12N2O2S/c1-6-3-10-8(11-7(6)12)14-5-9(2)4-13-9/h3H,4-5H2,1-2H3,(H,10,11,12). The summed E-state index contributed by atoms with van der Waals surface area (Å²) >= 11 is 1.52. The van der Waals surface area contributed by atoms with Crippen molar-refractivity contribution in [2.45, 2.75) is 24.6 Å². The van der Waals surface area contributed by atoms with Crippen molar-refractivity contribution in [3.8, 4) is 0 Å². The van der Waals surface area contributed by atoms with E-state index in [2.05, 4.69) is 9.97 Å². The molecule has 0 amide bonds. The molecule has 14 heavy (non-hydrogen) atoms. The number of hydrogen-bond acceptors (Lipinski definition) is 4. The van der Waals surface area contributed by atoms with E-state index in [1.54, 1.807) is 13.1 Å². The van der Waals surface area contributed by atoms with Crippen LogP contribution in [-0.2, 0) is 4.74 Å². The minimum Gasteiger partial charge on any atom is -0.369 e. The minimum atomic E-state index is -0.0654. The molecule has 0 spiro atoms. The molecule has 0 aliphatic carbocycles. The minimum absolute atomic E-state index is 0.00583. The Morgan fingerprint density at radius 3 is 3.07 bits per heavy atom. The third-order valence-corrected chi connectivity index (χ3v) is 3.34. The lowest BCUT2D eigenvalue weighted by Crippen LogP contribution is -2.13. The van der Waals surface area contributed by atoms with Crippen LogP contribution in [0.15, 0.2) is 16.1 Å². The van der Waals surface area contributed by atoms with Gasteiger partial charge in [0.15, 0.2) is 5.16 Å². The van der Waals surface area contributed by atoms with E-state index in [9.17, 15) is 4.79 Å². The zero-order valence-electron chi connectivity index (χ0n) is 8.16. The molecule has 0 bridgehead atoms. The summed E-state index contributed by atoms with van der Waals surface area (Å²) in [6.07, 6.45) is 1.59. The molecule has 2 rings (SSSR count). The number of aryl methyl sites for hydroxylation is 1. The van der Waals surface area contributed by atoms with E-state index in [0.29, 0.717) is 10.7 Å². The summed E-state index contributed by atoms with van der Waals surface area (Å²) < 4.78 is 5.23. The Kier molecular flexibility index (Phi) is 2.36. The van der Waals surface area contributed by atoms with Crippen molar-refractivity contribution in [2.24, 2.45) is 0 Å². The second-order valence-electron chi connectivity index (χ2n) is 3.73. The molecule has 1 fully saturated rings. The summed E-state index contributed by atoms with van der Waals surface area (Å²) in [5.74, 6) is 0.832. The molecule has 0 radical (unpaired) electrons. The van der Waals surface area contributed by atoms with E-state index in [0.717, 1.165) is 12.4 Å². The van der Waals surface area contributed by atoms with Gasteiger partial charge in [0.2, 0.25) is 0 Å². The molecule has 1 unspecified atom stereocenters. The van der Waals surface area contributed by atoms with Gasteiger partial charge < -0.3 is 9.72 Å². The average molecular weight is 212 g/mol. The summed E-state index contributed by atoms with van der Waals surface area (Å²) in [5, 5.41) is 0.664. The van der Waals surface area contributed by atoms with Gasteiger partial charge >= 0.3 is 0 Å². The third kappa shape index (κ3) is 2.16. The lowest BCUT2D eigenvalue weighted by Gasteiger charge is -2.03. The fourth-order valence-electron chi connectivity index (χ4n) is 0.943. The Morgan fingerprint density at radius 1 is 1.79 bits per heavy atom. The maximum atomic E-state index is 11.2. The lowest BCUT2D eigenvalue weighted by atomic mass is 10.3. The van der Waals surface area contributed by atoms with Gasteiger partial charge in [-0.15, -0.1) is 0 Å². The Balaban J connectivity index is 2.03. The van der Waals surface area contributed by atoms with Crippen molar-refractivity contribution in [1.29, 1.82) is 0 Å². The summed E-state index contributed by atoms with van der Waals surface area (Å²) in [5.41, 5.74) is 0.571. The first kappa shape index (κ1) is 9.73. The molecule has 0 aromatic carbocycles. The first-order valence-electron chi connectivity index (χ1n) is 4.42. The average Bonchev–Trinajstić information content (AvgIpc) is 2.87. The maximum Gasteiger partial charge on any atom is 0.254 e. The number of epoxide rings is 1. The normalized spacial score (nSPS) is 25.0. The quantitative estimate of drug-likeness (QED) is 0.460. The highest BCUT2D eigenvalue weighted by atomic mass is 32.2. The predicted molar refractivity (Wildman–Crippen MR) is 54.7 cm³/mol. The monoisotopic (exact) mass is 212 g/mol. The second-order valence-corrected chi connectivity index (χ2v) is 4.69. The van der Waals surface area contributed by atoms with E-state index in [-0.39, 0.29) is 11.2 Å². The number of rotatable bonds is 3. The van der Waals surface area contributed by atoms with Crippen LogP contribution >= 0.6 is 11.8 Å². The molecule has 1 atom stereocenters. The van der Waals surface area contributed by atoms with Crippen LogP contribution in [0.3, 0.4) is 0 Å². The van der Waals surface area contributed by atoms with E-state index in [1.165, 1.54) is 11.8 Å². The van der Waals surface area contributed by atoms with Gasteiger partial charge in [-0.25, -0.2) is 4.98 Å². The predicted octanol–water partition coefficient (Wildman–Crippen LogP) is 0.959. The molecule has 1 aliphatic rings. The highest BCUT2D eigenvalue weighted by Gasteiger charge is 2.39. The Labute approximate surface area is 86.1 Å². The van der Waals surface area contributed by atoms with Gasteiger partial charge in [-0.1, -0.05) is 11.8 Å². The number of thioether (sulfide) groups is 1. The van der Waals surface area contributed by atoms with Crippen LogP contribution in [0.1, 0.15) is 12.5 Å². The largest absolute Gasteiger partial charge is 0.369 e. The molecule has 1 aliphatic heterocycles. The van der Waals surface area contributed by atoms with Crippen molar-refractivity contribution in [2.75, 3.05) is 12.4 Å². The van der Waals surface area contributed by atoms with Gasteiger partial charge in [0.1, 0.15) is 0 Å². The van der Waals surface area contributed by atoms with Crippen molar-refractivity contribution in [3.05, 3.63) is 22.1 Å². The molecule has 4 nitrogen and oxygen atoms in total. The van der Waals surface area contributed by atoms with Crippen molar-refractivity contribution >= 4 is 11.8 Å². The SMILES string of the molecule is Cc1cnc(SCC2(C)CO2)[nH]c1=O. The van der Waals surface area contributed by atoms with Gasteiger partial charge in [0.05, 0.1) is 12.2 Å². The Hall–Kier alpha value is -0.810. The smallest absolute Gasteiger partial charge is 0.254 e. The van der Waals surface area contributed by atoms with Crippen LogP contribution in [-0.4, -0.2) is 27.9 Å². The van der Waals surface area contributed by atoms with E-state index < -0.39 is 0 Å². The number of ether oxygens (including phenoxy) is 1. The Bertz CT molecular complexity index is 398. The molecular weight excluding hydrogens is 200 g/mol. The van der Waals surface area contributed by atoms with Crippen LogP contribution in [0.4, 0.5) is 0 Å². The molecule has 0 saturated carbocycles. The molecule has 1 N–H and O–H groups in total. The number of nitrogens with one attached hydrogen (secondary N) is 1. The summed E-state index contributed by atoms with van der Waals surface area (Å²) in [6, 6.07) is 0. The zero-order valence-corrected chi connectivity index (χ0v) is 8.98. The van der Waals surface area contributed by atoms with Gasteiger partial charge in [-0.05, 0) is 13.8 Å². The van der Waals surface area contributed by atoms with E-state index in [4.69, 9.17) is 4.74 Å².